The summed E-state index contributed by atoms with van der Waals surface area (Å²) in [7, 11) is 0. The Morgan fingerprint density at radius 3 is 1.93 bits per heavy atom. The number of ether oxygens (including phenoxy) is 4. The Bertz CT molecular complexity index is 817. The number of rotatable bonds is 10. The van der Waals surface area contributed by atoms with Crippen molar-refractivity contribution in [2.75, 3.05) is 19.7 Å². The van der Waals surface area contributed by atoms with Crippen molar-refractivity contribution in [2.24, 2.45) is 22.9 Å². The molecular formula is C22H43N5O13. The monoisotopic (exact) mass is 585 g/mol. The maximum Gasteiger partial charge on any atom is 0.248 e. The van der Waals surface area contributed by atoms with E-state index in [1.165, 1.54) is 0 Å². The predicted octanol–water partition coefficient (Wildman–Crippen LogP) is -8.42. The molecule has 17 N–H and O–H groups in total. The van der Waals surface area contributed by atoms with E-state index in [0.29, 0.717) is 0 Å². The van der Waals surface area contributed by atoms with Gasteiger partial charge in [-0.2, -0.15) is 0 Å². The number of aliphatic hydroxyl groups excluding tert-OH is 8. The Morgan fingerprint density at radius 1 is 0.825 bits per heavy atom. The summed E-state index contributed by atoms with van der Waals surface area (Å²) in [5.41, 5.74) is 23.4. The van der Waals surface area contributed by atoms with E-state index in [1.54, 1.807) is 0 Å². The summed E-state index contributed by atoms with van der Waals surface area (Å²) in [5, 5.41) is 84.3. The Kier molecular flexibility index (Phi) is 11.9. The molecular weight excluding hydrogens is 542 g/mol. The van der Waals surface area contributed by atoms with Gasteiger partial charge in [0, 0.05) is 18.6 Å². The summed E-state index contributed by atoms with van der Waals surface area (Å²) in [5.74, 6) is -0.791. The van der Waals surface area contributed by atoms with Crippen LogP contribution in [0.1, 0.15) is 12.8 Å². The van der Waals surface area contributed by atoms with Crippen molar-refractivity contribution in [1.82, 2.24) is 5.32 Å². The maximum atomic E-state index is 12.0. The van der Waals surface area contributed by atoms with Gasteiger partial charge in [0.1, 0.15) is 67.1 Å². The van der Waals surface area contributed by atoms with Gasteiger partial charge in [-0.25, -0.2) is 0 Å². The molecule has 2 heterocycles. The number of aliphatic hydroxyl groups is 8. The van der Waals surface area contributed by atoms with E-state index in [-0.39, 0.29) is 25.9 Å². The number of carbonyl (C=O) groups excluding carboxylic acids is 1. The highest BCUT2D eigenvalue weighted by Crippen LogP contribution is 2.31. The Labute approximate surface area is 229 Å². The molecule has 0 spiro atoms. The van der Waals surface area contributed by atoms with E-state index >= 15 is 0 Å². The molecule has 3 rings (SSSR count). The lowest BCUT2D eigenvalue weighted by Gasteiger charge is -2.48. The minimum Gasteiger partial charge on any atom is -0.394 e. The number of carbonyl (C=O) groups is 1. The number of nitrogens with one attached hydrogen (secondary N) is 1. The molecule has 16 atom stereocenters. The van der Waals surface area contributed by atoms with Gasteiger partial charge in [0.2, 0.25) is 5.91 Å². The lowest BCUT2D eigenvalue weighted by molar-refractivity contribution is -0.332. The lowest BCUT2D eigenvalue weighted by atomic mass is 9.84. The highest BCUT2D eigenvalue weighted by atomic mass is 16.7. The Morgan fingerprint density at radius 2 is 1.38 bits per heavy atom. The summed E-state index contributed by atoms with van der Waals surface area (Å²) >= 11 is 0. The van der Waals surface area contributed by atoms with Crippen LogP contribution in [0.25, 0.3) is 0 Å². The molecule has 2 aliphatic heterocycles. The third-order valence-electron chi connectivity index (χ3n) is 7.47. The van der Waals surface area contributed by atoms with E-state index in [1.807, 2.05) is 0 Å². The van der Waals surface area contributed by atoms with Crippen LogP contribution in [-0.2, 0) is 23.7 Å². The van der Waals surface area contributed by atoms with Gasteiger partial charge in [-0.3, -0.25) is 4.79 Å². The molecule has 0 radical (unpaired) electrons. The minimum absolute atomic E-state index is 0.00802. The van der Waals surface area contributed by atoms with Gasteiger partial charge in [-0.1, -0.05) is 0 Å². The van der Waals surface area contributed by atoms with Crippen LogP contribution in [0.4, 0.5) is 0 Å². The SMILES string of the molecule is NCC[C@H](O)C(=O)NCC1O[C@@H](O[C@H]2[C@H](O)[C@@H](O[C@H]3OC(CO)[C@@H](O)[C@@H](N)C3O)[C@H](N)C[C@@H]2N)C(O)[C@H](O)[C@@H]1O. The molecule has 0 aromatic carbocycles. The molecule has 2 saturated heterocycles. The molecule has 18 heteroatoms. The zero-order chi connectivity index (χ0) is 29.9. The van der Waals surface area contributed by atoms with Gasteiger partial charge < -0.3 is 88.1 Å². The van der Waals surface area contributed by atoms with E-state index in [0.717, 1.165) is 0 Å². The van der Waals surface area contributed by atoms with Crippen LogP contribution in [-0.4, -0.2) is 164 Å². The third kappa shape index (κ3) is 7.24. The van der Waals surface area contributed by atoms with E-state index in [4.69, 9.17) is 41.9 Å². The fourth-order valence-corrected chi connectivity index (χ4v) is 4.98. The fraction of sp³-hybridized carbons (Fsp3) is 0.955. The normalized spacial score (nSPS) is 47.0. The smallest absolute Gasteiger partial charge is 0.248 e. The van der Waals surface area contributed by atoms with Crippen molar-refractivity contribution in [2.45, 2.75) is 111 Å². The highest BCUT2D eigenvalue weighted by molar-refractivity contribution is 5.80. The average molecular weight is 586 g/mol. The van der Waals surface area contributed by atoms with E-state index in [9.17, 15) is 45.6 Å². The van der Waals surface area contributed by atoms with Gasteiger partial charge in [-0.15, -0.1) is 0 Å². The van der Waals surface area contributed by atoms with Crippen molar-refractivity contribution in [3.8, 4) is 0 Å². The lowest BCUT2D eigenvalue weighted by Crippen LogP contribution is -2.68. The maximum absolute atomic E-state index is 12.0. The molecule has 234 valence electrons. The van der Waals surface area contributed by atoms with E-state index < -0.39 is 110 Å². The van der Waals surface area contributed by atoms with Crippen molar-refractivity contribution in [3.63, 3.8) is 0 Å². The second-order valence-corrected chi connectivity index (χ2v) is 10.4. The second kappa shape index (κ2) is 14.3. The molecule has 40 heavy (non-hydrogen) atoms. The second-order valence-electron chi connectivity index (χ2n) is 10.4. The number of hydrogen-bond acceptors (Lipinski definition) is 17. The zero-order valence-electron chi connectivity index (χ0n) is 21.7. The highest BCUT2D eigenvalue weighted by Gasteiger charge is 2.51. The van der Waals surface area contributed by atoms with Crippen molar-refractivity contribution in [3.05, 3.63) is 0 Å². The van der Waals surface area contributed by atoms with Crippen LogP contribution >= 0.6 is 0 Å². The molecule has 1 aliphatic carbocycles. The molecule has 3 fully saturated rings. The number of hydrogen-bond donors (Lipinski definition) is 13. The first-order valence-electron chi connectivity index (χ1n) is 13.1. The molecule has 18 nitrogen and oxygen atoms in total. The van der Waals surface area contributed by atoms with Crippen LogP contribution in [0.2, 0.25) is 0 Å². The minimum atomic E-state index is -1.80. The van der Waals surface area contributed by atoms with Gasteiger partial charge in [-0.05, 0) is 19.4 Å². The first-order valence-corrected chi connectivity index (χ1v) is 13.1. The quantitative estimate of drug-likeness (QED) is 0.113. The van der Waals surface area contributed by atoms with Crippen molar-refractivity contribution in [1.29, 1.82) is 0 Å². The third-order valence-corrected chi connectivity index (χ3v) is 7.47. The molecule has 1 saturated carbocycles. The topological polar surface area (TPSA) is 332 Å². The Hall–Kier alpha value is -1.17. The van der Waals surface area contributed by atoms with Crippen molar-refractivity contribution >= 4 is 5.91 Å². The van der Waals surface area contributed by atoms with Crippen LogP contribution in [0, 0.1) is 0 Å². The van der Waals surface area contributed by atoms with Crippen molar-refractivity contribution < 1.29 is 64.6 Å². The molecule has 4 unspecified atom stereocenters. The van der Waals surface area contributed by atoms with Gasteiger partial charge >= 0.3 is 0 Å². The zero-order valence-corrected chi connectivity index (χ0v) is 21.7. The summed E-state index contributed by atoms with van der Waals surface area (Å²) in [6, 6.07) is -3.07. The first kappa shape index (κ1) is 33.3. The molecule has 1 amide bonds. The van der Waals surface area contributed by atoms with Gasteiger partial charge in [0.25, 0.3) is 0 Å². The molecule has 0 aromatic rings. The standard InChI is InChI=1S/C22H43N5O13/c23-2-1-8(29)20(36)27-4-9-13(31)15(33)16(34)22(37-9)40-19-7(25)3-6(24)18(17(19)35)39-21-14(32)11(26)12(30)10(5-28)38-21/h6-19,21-22,28-35H,1-5,23-26H2,(H,27,36)/t6-,7+,8+,9?,10?,11-,12-,13-,14?,15-,16?,17-,18+,19-,21-,22+/m1/s1. The van der Waals surface area contributed by atoms with Crippen LogP contribution in [0.15, 0.2) is 0 Å². The molecule has 3 aliphatic rings. The Balaban J connectivity index is 1.69. The summed E-state index contributed by atoms with van der Waals surface area (Å²) in [4.78, 5) is 12.0. The largest absolute Gasteiger partial charge is 0.394 e. The van der Waals surface area contributed by atoms with Gasteiger partial charge in [0.05, 0.1) is 12.6 Å². The summed E-state index contributed by atoms with van der Waals surface area (Å²) < 4.78 is 22.4. The molecule has 0 aromatic heterocycles. The van der Waals surface area contributed by atoms with Crippen LogP contribution in [0.5, 0.6) is 0 Å². The number of amides is 1. The van der Waals surface area contributed by atoms with Crippen LogP contribution in [0.3, 0.4) is 0 Å². The summed E-state index contributed by atoms with van der Waals surface area (Å²) in [6.45, 7) is -0.953. The number of nitrogens with two attached hydrogens (primary N) is 4. The summed E-state index contributed by atoms with van der Waals surface area (Å²) in [6.07, 6.45) is -19.4. The fourth-order valence-electron chi connectivity index (χ4n) is 4.98. The van der Waals surface area contributed by atoms with Crippen LogP contribution < -0.4 is 28.3 Å². The van der Waals surface area contributed by atoms with E-state index in [2.05, 4.69) is 5.32 Å². The predicted molar refractivity (Wildman–Crippen MR) is 131 cm³/mol. The molecule has 0 bridgehead atoms. The average Bonchev–Trinajstić information content (AvgIpc) is 2.92. The van der Waals surface area contributed by atoms with Gasteiger partial charge in [0.15, 0.2) is 12.6 Å². The first-order chi connectivity index (χ1) is 18.8.